The van der Waals surface area contributed by atoms with Crippen molar-refractivity contribution in [2.45, 2.75) is 12.8 Å². The molecule has 0 saturated carbocycles. The van der Waals surface area contributed by atoms with E-state index in [1.165, 1.54) is 5.56 Å². The Balaban J connectivity index is 2.59. The topological polar surface area (TPSA) is 12.9 Å². The first-order valence-corrected chi connectivity index (χ1v) is 6.65. The second kappa shape index (κ2) is 4.42. The van der Waals surface area contributed by atoms with Crippen LogP contribution in [0, 0.1) is 6.92 Å². The molecule has 3 rings (SSSR count). The molecule has 0 aliphatic carbocycles. The highest BCUT2D eigenvalue weighted by Gasteiger charge is 2.10. The van der Waals surface area contributed by atoms with E-state index >= 15 is 0 Å². The van der Waals surface area contributed by atoms with Crippen molar-refractivity contribution in [1.29, 1.82) is 0 Å². The standard InChI is InChI=1S/C15H11Cl2N/c1-9-5-6-13-11(7-9)10-3-2-4-12(17)15(10)14(8-16)18-13/h2-7H,8H2,1H3. The fraction of sp³-hybridized carbons (Fsp3) is 0.133. The second-order valence-electron chi connectivity index (χ2n) is 4.38. The molecule has 1 aromatic heterocycles. The third-order valence-corrected chi connectivity index (χ3v) is 3.69. The van der Waals surface area contributed by atoms with Crippen LogP contribution in [0.1, 0.15) is 11.3 Å². The maximum Gasteiger partial charge on any atom is 0.0712 e. The van der Waals surface area contributed by atoms with Crippen molar-refractivity contribution in [2.24, 2.45) is 0 Å². The first-order valence-electron chi connectivity index (χ1n) is 5.74. The summed E-state index contributed by atoms with van der Waals surface area (Å²) in [5.74, 6) is 0.365. The highest BCUT2D eigenvalue weighted by Crippen LogP contribution is 2.32. The lowest BCUT2D eigenvalue weighted by Crippen LogP contribution is -1.92. The van der Waals surface area contributed by atoms with Gasteiger partial charge in [0.2, 0.25) is 0 Å². The molecule has 0 unspecified atom stereocenters. The summed E-state index contributed by atoms with van der Waals surface area (Å²) in [4.78, 5) is 4.61. The van der Waals surface area contributed by atoms with Crippen LogP contribution < -0.4 is 0 Å². The highest BCUT2D eigenvalue weighted by molar-refractivity contribution is 6.37. The van der Waals surface area contributed by atoms with Gasteiger partial charge in [-0.05, 0) is 30.5 Å². The molecule has 3 heteroatoms. The fourth-order valence-electron chi connectivity index (χ4n) is 2.30. The van der Waals surface area contributed by atoms with E-state index in [9.17, 15) is 0 Å². The van der Waals surface area contributed by atoms with Crippen molar-refractivity contribution in [3.63, 3.8) is 0 Å². The number of pyridine rings is 1. The van der Waals surface area contributed by atoms with Crippen LogP contribution >= 0.6 is 23.2 Å². The van der Waals surface area contributed by atoms with Gasteiger partial charge in [0.1, 0.15) is 0 Å². The molecule has 0 radical (unpaired) electrons. The summed E-state index contributed by atoms with van der Waals surface area (Å²) in [7, 11) is 0. The van der Waals surface area contributed by atoms with Crippen molar-refractivity contribution in [3.05, 3.63) is 52.7 Å². The van der Waals surface area contributed by atoms with Gasteiger partial charge in [-0.25, -0.2) is 0 Å². The molecule has 0 bridgehead atoms. The Morgan fingerprint density at radius 2 is 1.94 bits per heavy atom. The molecule has 2 aromatic carbocycles. The predicted octanol–water partition coefficient (Wildman–Crippen LogP) is 5.09. The first-order chi connectivity index (χ1) is 8.70. The number of hydrogen-bond acceptors (Lipinski definition) is 1. The maximum atomic E-state index is 6.28. The molecule has 0 amide bonds. The Morgan fingerprint density at radius 1 is 1.11 bits per heavy atom. The molecule has 1 heterocycles. The van der Waals surface area contributed by atoms with Gasteiger partial charge >= 0.3 is 0 Å². The number of alkyl halides is 1. The molecule has 0 N–H and O–H groups in total. The lowest BCUT2D eigenvalue weighted by atomic mass is 10.0. The zero-order valence-electron chi connectivity index (χ0n) is 9.87. The lowest BCUT2D eigenvalue weighted by Gasteiger charge is -2.09. The zero-order chi connectivity index (χ0) is 12.7. The minimum atomic E-state index is 0.365. The molecule has 0 spiro atoms. The maximum absolute atomic E-state index is 6.28. The average Bonchev–Trinajstić information content (AvgIpc) is 2.38. The number of fused-ring (bicyclic) bond motifs is 3. The number of rotatable bonds is 1. The van der Waals surface area contributed by atoms with E-state index in [2.05, 4.69) is 30.1 Å². The summed E-state index contributed by atoms with van der Waals surface area (Å²) in [6.07, 6.45) is 0. The number of aromatic nitrogens is 1. The van der Waals surface area contributed by atoms with Gasteiger partial charge < -0.3 is 0 Å². The van der Waals surface area contributed by atoms with Gasteiger partial charge in [-0.2, -0.15) is 0 Å². The van der Waals surface area contributed by atoms with Crippen LogP contribution in [0.3, 0.4) is 0 Å². The highest BCUT2D eigenvalue weighted by atomic mass is 35.5. The summed E-state index contributed by atoms with van der Waals surface area (Å²) in [6.45, 7) is 2.07. The Kier molecular flexibility index (Phi) is 2.89. The van der Waals surface area contributed by atoms with E-state index in [0.29, 0.717) is 10.9 Å². The summed E-state index contributed by atoms with van der Waals surface area (Å²) in [6, 6.07) is 12.1. The first kappa shape index (κ1) is 11.8. The van der Waals surface area contributed by atoms with E-state index in [1.807, 2.05) is 18.2 Å². The number of nitrogens with zero attached hydrogens (tertiary/aromatic N) is 1. The van der Waals surface area contributed by atoms with Crippen molar-refractivity contribution >= 4 is 44.9 Å². The van der Waals surface area contributed by atoms with Gasteiger partial charge in [-0.1, -0.05) is 35.4 Å². The van der Waals surface area contributed by atoms with E-state index in [0.717, 1.165) is 27.4 Å². The number of halogens is 2. The van der Waals surface area contributed by atoms with Crippen LogP contribution in [0.5, 0.6) is 0 Å². The van der Waals surface area contributed by atoms with Crippen LogP contribution in [0.4, 0.5) is 0 Å². The van der Waals surface area contributed by atoms with Gasteiger partial charge in [-0.3, -0.25) is 4.98 Å². The summed E-state index contributed by atoms with van der Waals surface area (Å²) in [5, 5.41) is 3.92. The van der Waals surface area contributed by atoms with Crippen LogP contribution in [0.25, 0.3) is 21.7 Å². The molecule has 0 aliphatic heterocycles. The summed E-state index contributed by atoms with van der Waals surface area (Å²) >= 11 is 12.3. The van der Waals surface area contributed by atoms with Crippen molar-refractivity contribution in [3.8, 4) is 0 Å². The number of benzene rings is 2. The van der Waals surface area contributed by atoms with Crippen molar-refractivity contribution < 1.29 is 0 Å². The number of hydrogen-bond donors (Lipinski definition) is 0. The van der Waals surface area contributed by atoms with Crippen LogP contribution in [0.2, 0.25) is 5.02 Å². The largest absolute Gasteiger partial charge is 0.251 e. The zero-order valence-corrected chi connectivity index (χ0v) is 11.4. The molecule has 0 aliphatic rings. The third kappa shape index (κ3) is 1.75. The molecule has 3 aromatic rings. The quantitative estimate of drug-likeness (QED) is 0.445. The molecule has 0 saturated heterocycles. The molecule has 0 fully saturated rings. The fourth-order valence-corrected chi connectivity index (χ4v) is 2.78. The number of aryl methyl sites for hydroxylation is 1. The molecular formula is C15H11Cl2N. The average molecular weight is 276 g/mol. The molecule has 90 valence electrons. The van der Waals surface area contributed by atoms with Crippen LogP contribution in [0.15, 0.2) is 36.4 Å². The lowest BCUT2D eigenvalue weighted by molar-refractivity contribution is 1.25. The van der Waals surface area contributed by atoms with E-state index in [4.69, 9.17) is 23.2 Å². The Bertz CT molecular complexity index is 750. The van der Waals surface area contributed by atoms with Crippen LogP contribution in [-0.2, 0) is 5.88 Å². The van der Waals surface area contributed by atoms with Gasteiger partial charge in [0, 0.05) is 10.8 Å². The van der Waals surface area contributed by atoms with Gasteiger partial charge in [0.05, 0.1) is 22.1 Å². The van der Waals surface area contributed by atoms with Crippen LogP contribution in [-0.4, -0.2) is 4.98 Å². The van der Waals surface area contributed by atoms with Gasteiger partial charge in [-0.15, -0.1) is 11.6 Å². The predicted molar refractivity (Wildman–Crippen MR) is 78.6 cm³/mol. The monoisotopic (exact) mass is 275 g/mol. The Morgan fingerprint density at radius 3 is 2.72 bits per heavy atom. The minimum Gasteiger partial charge on any atom is -0.251 e. The summed E-state index contributed by atoms with van der Waals surface area (Å²) < 4.78 is 0. The minimum absolute atomic E-state index is 0.365. The molecule has 18 heavy (non-hydrogen) atoms. The SMILES string of the molecule is Cc1ccc2nc(CCl)c3c(Cl)cccc3c2c1. The van der Waals surface area contributed by atoms with E-state index < -0.39 is 0 Å². The molecular weight excluding hydrogens is 265 g/mol. The third-order valence-electron chi connectivity index (χ3n) is 3.13. The van der Waals surface area contributed by atoms with Gasteiger partial charge in [0.15, 0.2) is 0 Å². The molecule has 0 atom stereocenters. The second-order valence-corrected chi connectivity index (χ2v) is 5.05. The normalized spacial score (nSPS) is 11.3. The Labute approximate surface area is 115 Å². The van der Waals surface area contributed by atoms with Crippen molar-refractivity contribution in [1.82, 2.24) is 4.98 Å². The summed E-state index contributed by atoms with van der Waals surface area (Å²) in [5.41, 5.74) is 3.02. The Hall–Kier alpha value is -1.31. The van der Waals surface area contributed by atoms with E-state index in [-0.39, 0.29) is 0 Å². The van der Waals surface area contributed by atoms with Gasteiger partial charge in [0.25, 0.3) is 0 Å². The molecule has 1 nitrogen and oxygen atoms in total. The van der Waals surface area contributed by atoms with E-state index in [1.54, 1.807) is 0 Å². The van der Waals surface area contributed by atoms with Crippen molar-refractivity contribution in [2.75, 3.05) is 0 Å². The smallest absolute Gasteiger partial charge is 0.0712 e.